The predicted molar refractivity (Wildman–Crippen MR) is 136 cm³/mol. The van der Waals surface area contributed by atoms with Gasteiger partial charge in [-0.1, -0.05) is 30.3 Å². The van der Waals surface area contributed by atoms with Gasteiger partial charge < -0.3 is 15.2 Å². The standard InChI is InChI=1S/C26H30N4O5/c1-16(2)28-23-24(33)30(15-22(31)32)21(14-27-23)19-11-18(17-9-7-6-8-10-17)12-20(13-19)29-25(34)35-26(3,4)5/h6-14,16H,15H2,1-5H3,(H,27,28)(H,29,34)(H,31,32). The minimum absolute atomic E-state index is 0.0645. The lowest BCUT2D eigenvalue weighted by Gasteiger charge is -2.20. The molecule has 0 atom stereocenters. The van der Waals surface area contributed by atoms with E-state index in [1.54, 1.807) is 32.9 Å². The number of carboxylic acid groups (broad SMARTS) is 1. The van der Waals surface area contributed by atoms with Gasteiger partial charge >= 0.3 is 12.1 Å². The van der Waals surface area contributed by atoms with E-state index in [2.05, 4.69) is 15.6 Å². The van der Waals surface area contributed by atoms with Gasteiger partial charge in [-0.25, -0.2) is 9.78 Å². The molecule has 0 spiro atoms. The number of hydrogen-bond donors (Lipinski definition) is 3. The molecule has 0 bridgehead atoms. The fourth-order valence-electron chi connectivity index (χ4n) is 3.45. The molecule has 35 heavy (non-hydrogen) atoms. The monoisotopic (exact) mass is 478 g/mol. The maximum absolute atomic E-state index is 13.1. The van der Waals surface area contributed by atoms with Crippen molar-refractivity contribution in [1.29, 1.82) is 0 Å². The Balaban J connectivity index is 2.17. The van der Waals surface area contributed by atoms with Crippen LogP contribution in [0.2, 0.25) is 0 Å². The fourth-order valence-corrected chi connectivity index (χ4v) is 3.45. The Morgan fingerprint density at radius 2 is 1.71 bits per heavy atom. The molecule has 0 aliphatic carbocycles. The van der Waals surface area contributed by atoms with Crippen LogP contribution >= 0.6 is 0 Å². The average Bonchev–Trinajstić information content (AvgIpc) is 2.75. The number of aliphatic carboxylic acids is 1. The van der Waals surface area contributed by atoms with Crippen molar-refractivity contribution in [2.45, 2.75) is 52.8 Å². The van der Waals surface area contributed by atoms with Crippen LogP contribution in [0.1, 0.15) is 34.6 Å². The van der Waals surface area contributed by atoms with E-state index >= 15 is 0 Å². The second kappa shape index (κ2) is 10.4. The highest BCUT2D eigenvalue weighted by Crippen LogP contribution is 2.30. The number of rotatable bonds is 7. The molecule has 3 aromatic rings. The van der Waals surface area contributed by atoms with Gasteiger partial charge in [0.2, 0.25) is 0 Å². The molecule has 0 unspecified atom stereocenters. The van der Waals surface area contributed by atoms with E-state index in [0.717, 1.165) is 15.7 Å². The number of aromatic nitrogens is 2. The summed E-state index contributed by atoms with van der Waals surface area (Å²) in [6.45, 7) is 8.46. The van der Waals surface area contributed by atoms with Crippen LogP contribution in [0.15, 0.2) is 59.5 Å². The van der Waals surface area contributed by atoms with E-state index in [-0.39, 0.29) is 11.9 Å². The van der Waals surface area contributed by atoms with Gasteiger partial charge in [0, 0.05) is 17.3 Å². The lowest BCUT2D eigenvalue weighted by atomic mass is 10.0. The van der Waals surface area contributed by atoms with Gasteiger partial charge in [-0.2, -0.15) is 0 Å². The van der Waals surface area contributed by atoms with Gasteiger partial charge in [0.15, 0.2) is 5.82 Å². The minimum Gasteiger partial charge on any atom is -0.480 e. The van der Waals surface area contributed by atoms with Crippen molar-refractivity contribution in [2.75, 3.05) is 10.6 Å². The van der Waals surface area contributed by atoms with E-state index in [9.17, 15) is 19.5 Å². The predicted octanol–water partition coefficient (Wildman–Crippen LogP) is 4.83. The van der Waals surface area contributed by atoms with Gasteiger partial charge in [0.05, 0.1) is 11.9 Å². The molecule has 3 N–H and O–H groups in total. The zero-order valence-corrected chi connectivity index (χ0v) is 20.5. The first kappa shape index (κ1) is 25.5. The fraction of sp³-hybridized carbons (Fsp3) is 0.308. The molecule has 3 rings (SSSR count). The SMILES string of the molecule is CC(C)Nc1ncc(-c2cc(NC(=O)OC(C)(C)C)cc(-c3ccccc3)c2)n(CC(=O)O)c1=O. The highest BCUT2D eigenvalue weighted by molar-refractivity contribution is 5.88. The number of carbonyl (C=O) groups excluding carboxylic acids is 1. The summed E-state index contributed by atoms with van der Waals surface area (Å²) < 4.78 is 6.53. The summed E-state index contributed by atoms with van der Waals surface area (Å²) in [6.07, 6.45) is 0.822. The number of hydrogen-bond acceptors (Lipinski definition) is 6. The molecular weight excluding hydrogens is 448 g/mol. The molecule has 0 aliphatic heterocycles. The van der Waals surface area contributed by atoms with Gasteiger partial charge in [-0.15, -0.1) is 0 Å². The largest absolute Gasteiger partial charge is 0.480 e. The molecule has 0 saturated heterocycles. The van der Waals surface area contributed by atoms with Crippen molar-refractivity contribution >= 4 is 23.6 Å². The molecule has 9 nitrogen and oxygen atoms in total. The maximum atomic E-state index is 13.1. The lowest BCUT2D eigenvalue weighted by molar-refractivity contribution is -0.137. The molecule has 0 fully saturated rings. The van der Waals surface area contributed by atoms with Crippen LogP contribution < -0.4 is 16.2 Å². The third kappa shape index (κ3) is 6.92. The topological polar surface area (TPSA) is 123 Å². The number of nitrogens with zero attached hydrogens (tertiary/aromatic N) is 2. The van der Waals surface area contributed by atoms with Gasteiger partial charge in [0.1, 0.15) is 12.1 Å². The van der Waals surface area contributed by atoms with E-state index < -0.39 is 29.8 Å². The first-order valence-electron chi connectivity index (χ1n) is 11.2. The summed E-state index contributed by atoms with van der Waals surface area (Å²) in [5.41, 5.74) is 1.64. The molecule has 2 aromatic carbocycles. The quantitative estimate of drug-likeness (QED) is 0.444. The maximum Gasteiger partial charge on any atom is 0.412 e. The van der Waals surface area contributed by atoms with Crippen LogP contribution in [0.5, 0.6) is 0 Å². The van der Waals surface area contributed by atoms with Gasteiger partial charge in [0.25, 0.3) is 5.56 Å². The number of amides is 1. The zero-order chi connectivity index (χ0) is 25.8. The number of ether oxygens (including phenoxy) is 1. The molecule has 1 amide bonds. The van der Waals surface area contributed by atoms with E-state index in [0.29, 0.717) is 16.9 Å². The number of anilines is 2. The lowest BCUT2D eigenvalue weighted by Crippen LogP contribution is -2.30. The van der Waals surface area contributed by atoms with Crippen molar-refractivity contribution in [3.8, 4) is 22.4 Å². The van der Waals surface area contributed by atoms with Crippen LogP contribution in [0.3, 0.4) is 0 Å². The highest BCUT2D eigenvalue weighted by atomic mass is 16.6. The van der Waals surface area contributed by atoms with Crippen molar-refractivity contribution in [2.24, 2.45) is 0 Å². The Bertz CT molecular complexity index is 1280. The minimum atomic E-state index is -1.17. The van der Waals surface area contributed by atoms with Crippen LogP contribution in [0.25, 0.3) is 22.4 Å². The Labute approximate surface area is 203 Å². The molecule has 1 heterocycles. The van der Waals surface area contributed by atoms with Crippen molar-refractivity contribution < 1.29 is 19.4 Å². The Kier molecular flexibility index (Phi) is 7.58. The van der Waals surface area contributed by atoms with E-state index in [4.69, 9.17) is 4.74 Å². The summed E-state index contributed by atoms with van der Waals surface area (Å²) in [5.74, 6) is -1.10. The third-order valence-corrected chi connectivity index (χ3v) is 4.75. The summed E-state index contributed by atoms with van der Waals surface area (Å²) >= 11 is 0. The van der Waals surface area contributed by atoms with Crippen LogP contribution in [0.4, 0.5) is 16.3 Å². The van der Waals surface area contributed by atoms with Crippen molar-refractivity contribution in [1.82, 2.24) is 9.55 Å². The molecule has 0 saturated carbocycles. The number of nitrogens with one attached hydrogen (secondary N) is 2. The first-order valence-corrected chi connectivity index (χ1v) is 11.2. The number of carboxylic acids is 1. The van der Waals surface area contributed by atoms with Crippen LogP contribution in [0, 0.1) is 0 Å². The highest BCUT2D eigenvalue weighted by Gasteiger charge is 2.19. The molecular formula is C26H30N4O5. The molecule has 1 aromatic heterocycles. The second-order valence-corrected chi connectivity index (χ2v) is 9.37. The zero-order valence-electron chi connectivity index (χ0n) is 20.5. The molecule has 0 aliphatic rings. The third-order valence-electron chi connectivity index (χ3n) is 4.75. The Morgan fingerprint density at radius 1 is 1.06 bits per heavy atom. The molecule has 0 radical (unpaired) electrons. The number of carbonyl (C=O) groups is 2. The molecule has 9 heteroatoms. The summed E-state index contributed by atoms with van der Waals surface area (Å²) in [6, 6.07) is 14.7. The second-order valence-electron chi connectivity index (χ2n) is 9.37. The Morgan fingerprint density at radius 3 is 2.31 bits per heavy atom. The summed E-state index contributed by atoms with van der Waals surface area (Å²) in [7, 11) is 0. The van der Waals surface area contributed by atoms with Gasteiger partial charge in [-0.05, 0) is 63.9 Å². The first-order chi connectivity index (χ1) is 16.4. The van der Waals surface area contributed by atoms with Crippen molar-refractivity contribution in [3.63, 3.8) is 0 Å². The van der Waals surface area contributed by atoms with Crippen molar-refractivity contribution in [3.05, 3.63) is 65.1 Å². The molecule has 184 valence electrons. The smallest absolute Gasteiger partial charge is 0.412 e. The van der Waals surface area contributed by atoms with Crippen LogP contribution in [-0.2, 0) is 16.1 Å². The average molecular weight is 479 g/mol. The van der Waals surface area contributed by atoms with Crippen LogP contribution in [-0.4, -0.2) is 38.4 Å². The van der Waals surface area contributed by atoms with E-state index in [1.165, 1.54) is 6.20 Å². The van der Waals surface area contributed by atoms with E-state index in [1.807, 2.05) is 50.2 Å². The Hall–Kier alpha value is -4.14. The van der Waals surface area contributed by atoms with Gasteiger partial charge in [-0.3, -0.25) is 19.5 Å². The summed E-state index contributed by atoms with van der Waals surface area (Å²) in [5, 5.41) is 15.2. The normalized spacial score (nSPS) is 11.3. The number of benzene rings is 2. The summed E-state index contributed by atoms with van der Waals surface area (Å²) in [4.78, 5) is 41.4.